The first-order valence-electron chi connectivity index (χ1n) is 5.74. The van der Waals surface area contributed by atoms with Gasteiger partial charge in [-0.05, 0) is 43.0 Å². The Morgan fingerprint density at radius 3 is 2.84 bits per heavy atom. The van der Waals surface area contributed by atoms with Gasteiger partial charge in [0.15, 0.2) is 0 Å². The van der Waals surface area contributed by atoms with Gasteiger partial charge < -0.3 is 0 Å². The molecule has 6 nitrogen and oxygen atoms in total. The van der Waals surface area contributed by atoms with E-state index in [1.807, 2.05) is 0 Å². The third-order valence-electron chi connectivity index (χ3n) is 2.48. The van der Waals surface area contributed by atoms with Gasteiger partial charge in [-0.15, -0.1) is 0 Å². The summed E-state index contributed by atoms with van der Waals surface area (Å²) >= 11 is 0. The topological polar surface area (TPSA) is 94.9 Å². The number of sulfonamides is 1. The second kappa shape index (κ2) is 7.08. The van der Waals surface area contributed by atoms with Crippen LogP contribution in [0.25, 0.3) is 10.4 Å². The molecule has 0 heterocycles. The zero-order valence-corrected chi connectivity index (χ0v) is 11.3. The van der Waals surface area contributed by atoms with E-state index < -0.39 is 15.8 Å². The quantitative estimate of drug-likeness (QED) is 0.361. The Bertz CT molecular complexity index is 582. The molecule has 0 radical (unpaired) electrons. The van der Waals surface area contributed by atoms with E-state index in [0.29, 0.717) is 24.9 Å². The van der Waals surface area contributed by atoms with Crippen molar-refractivity contribution in [3.63, 3.8) is 0 Å². The molecule has 0 atom stereocenters. The molecule has 0 aromatic heterocycles. The minimum Gasteiger partial charge on any atom is -0.211 e. The highest BCUT2D eigenvalue weighted by molar-refractivity contribution is 7.89. The Hall–Kier alpha value is -1.63. The molecule has 0 aliphatic heterocycles. The molecular formula is C11H15FN4O2S. The van der Waals surface area contributed by atoms with Gasteiger partial charge in [-0.3, -0.25) is 0 Å². The molecule has 0 bridgehead atoms. The minimum absolute atomic E-state index is 0.0532. The summed E-state index contributed by atoms with van der Waals surface area (Å²) in [5.41, 5.74) is 8.56. The summed E-state index contributed by atoms with van der Waals surface area (Å²) in [6.07, 6.45) is 1.14. The third-order valence-corrected chi connectivity index (χ3v) is 4.08. The molecule has 1 N–H and O–H groups in total. The van der Waals surface area contributed by atoms with E-state index >= 15 is 0 Å². The van der Waals surface area contributed by atoms with Crippen LogP contribution in [0.4, 0.5) is 4.39 Å². The maximum absolute atomic E-state index is 13.1. The van der Waals surface area contributed by atoms with E-state index in [2.05, 4.69) is 14.7 Å². The van der Waals surface area contributed by atoms with Crippen molar-refractivity contribution in [2.24, 2.45) is 5.11 Å². The molecule has 1 aromatic rings. The number of azide groups is 1. The average molecular weight is 286 g/mol. The summed E-state index contributed by atoms with van der Waals surface area (Å²) in [7, 11) is -3.70. The number of benzene rings is 1. The molecule has 1 aromatic carbocycles. The van der Waals surface area contributed by atoms with Crippen LogP contribution in [0, 0.1) is 12.7 Å². The molecular weight excluding hydrogens is 271 g/mol. The summed E-state index contributed by atoms with van der Waals surface area (Å²) < 4.78 is 39.3. The van der Waals surface area contributed by atoms with E-state index in [-0.39, 0.29) is 11.4 Å². The van der Waals surface area contributed by atoms with Crippen LogP contribution >= 0.6 is 0 Å². The van der Waals surface area contributed by atoms with Crippen molar-refractivity contribution < 1.29 is 12.8 Å². The first kappa shape index (κ1) is 15.4. The number of rotatable bonds is 7. The Kier molecular flexibility index (Phi) is 5.75. The number of hydrogen-bond donors (Lipinski definition) is 1. The first-order valence-corrected chi connectivity index (χ1v) is 7.22. The molecule has 0 unspecified atom stereocenters. The molecule has 0 saturated heterocycles. The van der Waals surface area contributed by atoms with Crippen LogP contribution in [0.1, 0.15) is 18.4 Å². The van der Waals surface area contributed by atoms with Crippen LogP contribution < -0.4 is 4.72 Å². The van der Waals surface area contributed by atoms with E-state index in [1.54, 1.807) is 6.92 Å². The Balaban J connectivity index is 2.61. The number of nitrogens with zero attached hydrogens (tertiary/aromatic N) is 3. The summed E-state index contributed by atoms with van der Waals surface area (Å²) in [5, 5.41) is 3.34. The molecule has 0 spiro atoms. The van der Waals surface area contributed by atoms with E-state index in [0.717, 1.165) is 6.07 Å². The summed E-state index contributed by atoms with van der Waals surface area (Å²) in [5.74, 6) is -0.589. The molecule has 0 fully saturated rings. The number of nitrogens with one attached hydrogen (secondary N) is 1. The van der Waals surface area contributed by atoms with Crippen molar-refractivity contribution in [2.75, 3.05) is 13.1 Å². The van der Waals surface area contributed by atoms with E-state index in [1.165, 1.54) is 12.1 Å². The lowest BCUT2D eigenvalue weighted by molar-refractivity contribution is 0.572. The standard InChI is InChI=1S/C11H15FN4O2S/c1-9-4-5-10(12)8-11(9)19(17,18)15-7-3-2-6-14-16-13/h4-5,8,15H,2-3,6-7H2,1H3. The Labute approximate surface area is 111 Å². The van der Waals surface area contributed by atoms with Gasteiger partial charge in [0.1, 0.15) is 5.82 Å². The number of aryl methyl sites for hydroxylation is 1. The van der Waals surface area contributed by atoms with Gasteiger partial charge in [-0.2, -0.15) is 0 Å². The lowest BCUT2D eigenvalue weighted by atomic mass is 10.2. The highest BCUT2D eigenvalue weighted by Crippen LogP contribution is 2.16. The lowest BCUT2D eigenvalue weighted by Gasteiger charge is -2.09. The molecule has 104 valence electrons. The van der Waals surface area contributed by atoms with Crippen LogP contribution in [-0.4, -0.2) is 21.5 Å². The summed E-state index contributed by atoms with van der Waals surface area (Å²) in [6.45, 7) is 2.16. The van der Waals surface area contributed by atoms with Crippen LogP contribution in [-0.2, 0) is 10.0 Å². The van der Waals surface area contributed by atoms with Gasteiger partial charge in [-0.1, -0.05) is 11.2 Å². The van der Waals surface area contributed by atoms with Crippen LogP contribution in [0.2, 0.25) is 0 Å². The average Bonchev–Trinajstić information content (AvgIpc) is 2.36. The largest absolute Gasteiger partial charge is 0.240 e. The zero-order chi connectivity index (χ0) is 14.3. The van der Waals surface area contributed by atoms with Crippen molar-refractivity contribution in [3.8, 4) is 0 Å². The molecule has 1 rings (SSSR count). The van der Waals surface area contributed by atoms with Crippen molar-refractivity contribution in [1.82, 2.24) is 4.72 Å². The zero-order valence-electron chi connectivity index (χ0n) is 10.5. The van der Waals surface area contributed by atoms with Crippen molar-refractivity contribution in [2.45, 2.75) is 24.7 Å². The summed E-state index contributed by atoms with van der Waals surface area (Å²) in [6, 6.07) is 3.64. The van der Waals surface area contributed by atoms with Gasteiger partial charge in [0.05, 0.1) is 4.90 Å². The molecule has 19 heavy (non-hydrogen) atoms. The van der Waals surface area contributed by atoms with Crippen LogP contribution in [0.3, 0.4) is 0 Å². The predicted octanol–water partition coefficient (Wildman–Crippen LogP) is 2.50. The predicted molar refractivity (Wildman–Crippen MR) is 69.6 cm³/mol. The van der Waals surface area contributed by atoms with Gasteiger partial charge in [0, 0.05) is 18.0 Å². The van der Waals surface area contributed by atoms with Gasteiger partial charge in [0.2, 0.25) is 10.0 Å². The third kappa shape index (κ3) is 4.86. The molecule has 0 saturated carbocycles. The Morgan fingerprint density at radius 1 is 1.42 bits per heavy atom. The fraction of sp³-hybridized carbons (Fsp3) is 0.455. The molecule has 0 aliphatic rings. The fourth-order valence-electron chi connectivity index (χ4n) is 1.50. The second-order valence-electron chi connectivity index (χ2n) is 3.97. The Morgan fingerprint density at radius 2 is 2.16 bits per heavy atom. The van der Waals surface area contributed by atoms with Crippen LogP contribution in [0.5, 0.6) is 0 Å². The monoisotopic (exact) mass is 286 g/mol. The van der Waals surface area contributed by atoms with Crippen molar-refractivity contribution in [3.05, 3.63) is 40.0 Å². The normalized spacial score (nSPS) is 11.1. The minimum atomic E-state index is -3.70. The smallest absolute Gasteiger partial charge is 0.211 e. The lowest BCUT2D eigenvalue weighted by Crippen LogP contribution is -2.25. The maximum Gasteiger partial charge on any atom is 0.240 e. The van der Waals surface area contributed by atoms with E-state index in [9.17, 15) is 12.8 Å². The van der Waals surface area contributed by atoms with E-state index in [4.69, 9.17) is 5.53 Å². The maximum atomic E-state index is 13.1. The SMILES string of the molecule is Cc1ccc(F)cc1S(=O)(=O)NCCCCN=[N+]=[N-]. The van der Waals surface area contributed by atoms with Crippen molar-refractivity contribution in [1.29, 1.82) is 0 Å². The van der Waals surface area contributed by atoms with Gasteiger partial charge in [0.25, 0.3) is 0 Å². The molecule has 8 heteroatoms. The van der Waals surface area contributed by atoms with Crippen molar-refractivity contribution >= 4 is 10.0 Å². The summed E-state index contributed by atoms with van der Waals surface area (Å²) in [4.78, 5) is 2.54. The second-order valence-corrected chi connectivity index (χ2v) is 5.70. The number of unbranched alkanes of at least 4 members (excludes halogenated alkanes) is 1. The molecule has 0 amide bonds. The fourth-order valence-corrected chi connectivity index (χ4v) is 2.83. The van der Waals surface area contributed by atoms with Gasteiger partial charge >= 0.3 is 0 Å². The number of halogens is 1. The highest BCUT2D eigenvalue weighted by atomic mass is 32.2. The molecule has 0 aliphatic carbocycles. The number of hydrogen-bond acceptors (Lipinski definition) is 3. The van der Waals surface area contributed by atoms with Crippen LogP contribution in [0.15, 0.2) is 28.2 Å². The highest BCUT2D eigenvalue weighted by Gasteiger charge is 2.16. The van der Waals surface area contributed by atoms with Gasteiger partial charge in [-0.25, -0.2) is 17.5 Å². The first-order chi connectivity index (χ1) is 8.97.